The minimum atomic E-state index is 0.453. The molecule has 2 aliphatic carbocycles. The maximum absolute atomic E-state index is 5.32. The minimum Gasteiger partial charge on any atom is -0.383 e. The maximum Gasteiger partial charge on any atom is 0.0615 e. The summed E-state index contributed by atoms with van der Waals surface area (Å²) in [5.41, 5.74) is 0.976. The second-order valence-electron chi connectivity index (χ2n) is 7.08. The van der Waals surface area contributed by atoms with Gasteiger partial charge < -0.3 is 10.1 Å². The Labute approximate surface area is 107 Å². The van der Waals surface area contributed by atoms with Crippen molar-refractivity contribution in [1.82, 2.24) is 5.32 Å². The molecule has 0 aromatic carbocycles. The predicted molar refractivity (Wildman–Crippen MR) is 72.1 cm³/mol. The summed E-state index contributed by atoms with van der Waals surface area (Å²) in [6.45, 7) is 10.5. The first-order valence-electron chi connectivity index (χ1n) is 7.19. The molecule has 2 unspecified atom stereocenters. The van der Waals surface area contributed by atoms with Crippen LogP contribution in [0.4, 0.5) is 0 Å². The molecule has 17 heavy (non-hydrogen) atoms. The fraction of sp³-hybridized carbons (Fsp3) is 1.00. The van der Waals surface area contributed by atoms with Crippen LogP contribution in [0.3, 0.4) is 0 Å². The monoisotopic (exact) mass is 239 g/mol. The molecule has 2 rings (SSSR count). The van der Waals surface area contributed by atoms with Gasteiger partial charge in [-0.25, -0.2) is 0 Å². The summed E-state index contributed by atoms with van der Waals surface area (Å²) in [5.74, 6) is 0.921. The topological polar surface area (TPSA) is 21.3 Å². The van der Waals surface area contributed by atoms with E-state index in [-0.39, 0.29) is 0 Å². The number of ether oxygens (including phenoxy) is 1. The van der Waals surface area contributed by atoms with Crippen molar-refractivity contribution in [2.45, 2.75) is 65.5 Å². The number of hydrogen-bond donors (Lipinski definition) is 1. The van der Waals surface area contributed by atoms with Crippen LogP contribution in [-0.2, 0) is 4.74 Å². The first-order chi connectivity index (χ1) is 7.94. The molecule has 2 bridgehead atoms. The number of fused-ring (bicyclic) bond motifs is 2. The van der Waals surface area contributed by atoms with Crippen molar-refractivity contribution < 1.29 is 4.74 Å². The molecule has 0 amide bonds. The van der Waals surface area contributed by atoms with Crippen LogP contribution in [0.2, 0.25) is 0 Å². The summed E-state index contributed by atoms with van der Waals surface area (Å²) in [6.07, 6.45) is 5.41. The molecular weight excluding hydrogens is 210 g/mol. The molecule has 100 valence electrons. The zero-order chi connectivity index (χ0) is 12.7. The van der Waals surface area contributed by atoms with Gasteiger partial charge in [0.25, 0.3) is 0 Å². The summed E-state index contributed by atoms with van der Waals surface area (Å²) in [5, 5.41) is 3.90. The van der Waals surface area contributed by atoms with Crippen LogP contribution in [-0.4, -0.2) is 25.8 Å². The van der Waals surface area contributed by atoms with Crippen molar-refractivity contribution in [1.29, 1.82) is 0 Å². The molecule has 0 saturated heterocycles. The van der Waals surface area contributed by atoms with Crippen LogP contribution in [0.25, 0.3) is 0 Å². The van der Waals surface area contributed by atoms with Gasteiger partial charge in [-0.1, -0.05) is 27.7 Å². The number of rotatable bonds is 5. The van der Waals surface area contributed by atoms with Crippen molar-refractivity contribution in [2.75, 3.05) is 13.7 Å². The zero-order valence-corrected chi connectivity index (χ0v) is 12.2. The number of methoxy groups -OCH3 is 1. The standard InChI is InChI=1S/C15H29NO/c1-6-12(10-17-5)16-13-14(2,3)11-7-8-15(13,4)9-11/h11-13,16H,6-10H2,1-5H3/t11-,12?,13?,15+/m0/s1. The highest BCUT2D eigenvalue weighted by Crippen LogP contribution is 2.62. The van der Waals surface area contributed by atoms with E-state index >= 15 is 0 Å². The third-order valence-electron chi connectivity index (χ3n) is 5.53. The van der Waals surface area contributed by atoms with Gasteiger partial charge >= 0.3 is 0 Å². The van der Waals surface area contributed by atoms with E-state index in [0.29, 0.717) is 22.9 Å². The molecule has 0 spiro atoms. The lowest BCUT2D eigenvalue weighted by Gasteiger charge is -2.45. The molecule has 2 fully saturated rings. The summed E-state index contributed by atoms with van der Waals surface area (Å²) >= 11 is 0. The minimum absolute atomic E-state index is 0.453. The normalized spacial score (nSPS) is 40.8. The highest BCUT2D eigenvalue weighted by Gasteiger charge is 2.59. The fourth-order valence-corrected chi connectivity index (χ4v) is 4.44. The molecule has 4 atom stereocenters. The van der Waals surface area contributed by atoms with Crippen LogP contribution < -0.4 is 5.32 Å². The maximum atomic E-state index is 5.32. The van der Waals surface area contributed by atoms with Gasteiger partial charge in [0, 0.05) is 19.2 Å². The Morgan fingerprint density at radius 2 is 2.06 bits per heavy atom. The van der Waals surface area contributed by atoms with E-state index in [1.54, 1.807) is 7.11 Å². The molecule has 0 aromatic rings. The number of nitrogens with one attached hydrogen (secondary N) is 1. The lowest BCUT2D eigenvalue weighted by molar-refractivity contribution is 0.0769. The molecule has 2 nitrogen and oxygen atoms in total. The Balaban J connectivity index is 2.09. The van der Waals surface area contributed by atoms with Crippen LogP contribution in [0.1, 0.15) is 53.4 Å². The molecule has 0 aromatic heterocycles. The molecule has 2 heteroatoms. The van der Waals surface area contributed by atoms with Crippen molar-refractivity contribution in [3.05, 3.63) is 0 Å². The molecule has 2 saturated carbocycles. The molecular formula is C15H29NO. The largest absolute Gasteiger partial charge is 0.383 e. The summed E-state index contributed by atoms with van der Waals surface area (Å²) in [4.78, 5) is 0. The summed E-state index contributed by atoms with van der Waals surface area (Å²) in [7, 11) is 1.80. The van der Waals surface area contributed by atoms with Crippen molar-refractivity contribution in [3.8, 4) is 0 Å². The van der Waals surface area contributed by atoms with E-state index in [9.17, 15) is 0 Å². The van der Waals surface area contributed by atoms with Gasteiger partial charge in [0.05, 0.1) is 6.61 Å². The molecule has 0 radical (unpaired) electrons. The van der Waals surface area contributed by atoms with E-state index in [2.05, 4.69) is 33.0 Å². The van der Waals surface area contributed by atoms with Crippen LogP contribution >= 0.6 is 0 Å². The molecule has 0 aliphatic heterocycles. The van der Waals surface area contributed by atoms with E-state index in [0.717, 1.165) is 18.9 Å². The van der Waals surface area contributed by atoms with Crippen LogP contribution in [0.5, 0.6) is 0 Å². The average Bonchev–Trinajstić information content (AvgIpc) is 2.74. The van der Waals surface area contributed by atoms with Gasteiger partial charge in [0.15, 0.2) is 0 Å². The quantitative estimate of drug-likeness (QED) is 0.795. The fourth-order valence-electron chi connectivity index (χ4n) is 4.44. The van der Waals surface area contributed by atoms with Gasteiger partial charge in [-0.15, -0.1) is 0 Å². The van der Waals surface area contributed by atoms with Crippen LogP contribution in [0, 0.1) is 16.7 Å². The highest BCUT2D eigenvalue weighted by molar-refractivity contribution is 5.12. The van der Waals surface area contributed by atoms with Crippen molar-refractivity contribution in [3.63, 3.8) is 0 Å². The lowest BCUT2D eigenvalue weighted by atomic mass is 9.68. The highest BCUT2D eigenvalue weighted by atomic mass is 16.5. The SMILES string of the molecule is CCC(COC)NC1C(C)(C)[C@H]2CC[C@]1(C)C2. The second-order valence-corrected chi connectivity index (χ2v) is 7.08. The van der Waals surface area contributed by atoms with E-state index in [1.807, 2.05) is 0 Å². The van der Waals surface area contributed by atoms with Crippen molar-refractivity contribution >= 4 is 0 Å². The van der Waals surface area contributed by atoms with E-state index < -0.39 is 0 Å². The van der Waals surface area contributed by atoms with Crippen LogP contribution in [0.15, 0.2) is 0 Å². The van der Waals surface area contributed by atoms with E-state index in [1.165, 1.54) is 19.3 Å². The smallest absolute Gasteiger partial charge is 0.0615 e. The third-order valence-corrected chi connectivity index (χ3v) is 5.53. The van der Waals surface area contributed by atoms with Gasteiger partial charge in [-0.3, -0.25) is 0 Å². The van der Waals surface area contributed by atoms with Gasteiger partial charge in [0.2, 0.25) is 0 Å². The predicted octanol–water partition coefficient (Wildman–Crippen LogP) is 3.22. The molecule has 0 heterocycles. The Morgan fingerprint density at radius 1 is 1.35 bits per heavy atom. The third kappa shape index (κ3) is 2.15. The molecule has 2 aliphatic rings. The number of hydrogen-bond acceptors (Lipinski definition) is 2. The lowest BCUT2D eigenvalue weighted by Crippen LogP contribution is -2.54. The van der Waals surface area contributed by atoms with Crippen molar-refractivity contribution in [2.24, 2.45) is 16.7 Å². The first kappa shape index (κ1) is 13.4. The Morgan fingerprint density at radius 3 is 2.53 bits per heavy atom. The van der Waals surface area contributed by atoms with Gasteiger partial charge in [0.1, 0.15) is 0 Å². The zero-order valence-electron chi connectivity index (χ0n) is 12.2. The summed E-state index contributed by atoms with van der Waals surface area (Å²) < 4.78 is 5.32. The molecule has 1 N–H and O–H groups in total. The van der Waals surface area contributed by atoms with E-state index in [4.69, 9.17) is 4.74 Å². The second kappa shape index (κ2) is 4.55. The van der Waals surface area contributed by atoms with Gasteiger partial charge in [-0.2, -0.15) is 0 Å². The Hall–Kier alpha value is -0.0800. The first-order valence-corrected chi connectivity index (χ1v) is 7.19. The Kier molecular flexibility index (Phi) is 3.57. The van der Waals surface area contributed by atoms with Gasteiger partial charge in [-0.05, 0) is 42.4 Å². The Bertz CT molecular complexity index is 271. The summed E-state index contributed by atoms with van der Waals surface area (Å²) in [6, 6.07) is 1.18. The average molecular weight is 239 g/mol.